The van der Waals surface area contributed by atoms with E-state index < -0.39 is 0 Å². The van der Waals surface area contributed by atoms with Crippen molar-refractivity contribution in [2.75, 3.05) is 33.3 Å². The Balaban J connectivity index is 1.68. The van der Waals surface area contributed by atoms with Gasteiger partial charge in [0.1, 0.15) is 5.75 Å². The van der Waals surface area contributed by atoms with Gasteiger partial charge in [0.25, 0.3) is 0 Å². The topological polar surface area (TPSA) is 41.7 Å². The lowest BCUT2D eigenvalue weighted by Crippen LogP contribution is -2.78. The van der Waals surface area contributed by atoms with Gasteiger partial charge in [0, 0.05) is 43.1 Å². The summed E-state index contributed by atoms with van der Waals surface area (Å²) in [5.74, 6) is 0.925. The minimum absolute atomic E-state index is 0.230. The Bertz CT molecular complexity index is 518. The first-order valence-corrected chi connectivity index (χ1v) is 7.83. The number of nitrogens with two attached hydrogens (primary N) is 1. The first-order chi connectivity index (χ1) is 9.95. The van der Waals surface area contributed by atoms with E-state index in [0.29, 0.717) is 12.2 Å². The van der Waals surface area contributed by atoms with Crippen molar-refractivity contribution in [2.45, 2.75) is 26.1 Å². The summed E-state index contributed by atoms with van der Waals surface area (Å²) in [6.07, 6.45) is 0.407. The minimum atomic E-state index is 0.230. The molecule has 4 saturated heterocycles. The van der Waals surface area contributed by atoms with Crippen LogP contribution in [0.3, 0.4) is 0 Å². The molecule has 0 unspecified atom stereocenters. The molecule has 4 nitrogen and oxygen atoms in total. The maximum absolute atomic E-state index is 6.59. The number of piperidine rings is 2. The van der Waals surface area contributed by atoms with Gasteiger partial charge in [-0.15, -0.1) is 0 Å². The lowest BCUT2D eigenvalue weighted by Gasteiger charge is -2.68. The van der Waals surface area contributed by atoms with Crippen LogP contribution in [0.5, 0.6) is 5.75 Å². The summed E-state index contributed by atoms with van der Waals surface area (Å²) in [7, 11) is 1.72. The van der Waals surface area contributed by atoms with E-state index >= 15 is 0 Å². The van der Waals surface area contributed by atoms with Gasteiger partial charge in [-0.25, -0.2) is 0 Å². The molecule has 0 atom stereocenters. The van der Waals surface area contributed by atoms with Gasteiger partial charge in [0.15, 0.2) is 0 Å². The monoisotopic (exact) mass is 287 g/mol. The Morgan fingerprint density at radius 2 is 1.48 bits per heavy atom. The van der Waals surface area contributed by atoms with Crippen molar-refractivity contribution in [1.29, 1.82) is 0 Å². The number of ether oxygens (including phenoxy) is 1. The summed E-state index contributed by atoms with van der Waals surface area (Å²) in [5.41, 5.74) is 8.42. The molecular formula is C17H25N3O. The van der Waals surface area contributed by atoms with Crippen LogP contribution in [0.15, 0.2) is 24.3 Å². The quantitative estimate of drug-likeness (QED) is 0.898. The molecule has 0 spiro atoms. The molecule has 4 heterocycles. The molecule has 4 bridgehead atoms. The molecule has 0 radical (unpaired) electrons. The second kappa shape index (κ2) is 4.22. The lowest BCUT2D eigenvalue weighted by molar-refractivity contribution is -0.205. The number of benzene rings is 1. The fourth-order valence-electron chi connectivity index (χ4n) is 5.08. The summed E-state index contributed by atoms with van der Waals surface area (Å²) < 4.78 is 5.28. The SMILES string of the molecule is COc1ccc(C2N3CC4(C)CN2CC(C)(C3)C4N)cc1. The molecule has 0 aliphatic carbocycles. The van der Waals surface area contributed by atoms with Gasteiger partial charge >= 0.3 is 0 Å². The normalized spacial score (nSPS) is 47.6. The Labute approximate surface area is 126 Å². The molecule has 114 valence electrons. The van der Waals surface area contributed by atoms with Crippen LogP contribution in [0, 0.1) is 10.8 Å². The number of nitrogens with zero attached hydrogens (tertiary/aromatic N) is 2. The first kappa shape index (κ1) is 13.6. The van der Waals surface area contributed by atoms with E-state index in [2.05, 4.69) is 47.9 Å². The van der Waals surface area contributed by atoms with Gasteiger partial charge in [0.05, 0.1) is 13.3 Å². The van der Waals surface area contributed by atoms with Gasteiger partial charge in [-0.3, -0.25) is 9.80 Å². The number of hydrogen-bond acceptors (Lipinski definition) is 4. The van der Waals surface area contributed by atoms with Crippen LogP contribution in [0.4, 0.5) is 0 Å². The average molecular weight is 287 g/mol. The predicted molar refractivity (Wildman–Crippen MR) is 83.1 cm³/mol. The fraction of sp³-hybridized carbons (Fsp3) is 0.647. The molecule has 1 aromatic rings. The van der Waals surface area contributed by atoms with Crippen molar-refractivity contribution < 1.29 is 4.74 Å². The summed E-state index contributed by atoms with van der Waals surface area (Å²) in [6.45, 7) is 9.15. The molecule has 4 aliphatic heterocycles. The molecule has 0 saturated carbocycles. The van der Waals surface area contributed by atoms with Crippen LogP contribution in [0.2, 0.25) is 0 Å². The Morgan fingerprint density at radius 3 is 1.90 bits per heavy atom. The van der Waals surface area contributed by atoms with Gasteiger partial charge in [-0.2, -0.15) is 0 Å². The summed E-state index contributed by atoms with van der Waals surface area (Å²) in [5, 5.41) is 0. The van der Waals surface area contributed by atoms with Crippen molar-refractivity contribution in [3.8, 4) is 5.75 Å². The molecule has 21 heavy (non-hydrogen) atoms. The molecule has 0 aromatic heterocycles. The van der Waals surface area contributed by atoms with Gasteiger partial charge in [0.2, 0.25) is 0 Å². The van der Waals surface area contributed by atoms with Crippen molar-refractivity contribution in [3.63, 3.8) is 0 Å². The maximum Gasteiger partial charge on any atom is 0.118 e. The van der Waals surface area contributed by atoms with E-state index in [9.17, 15) is 0 Å². The van der Waals surface area contributed by atoms with E-state index in [-0.39, 0.29) is 10.8 Å². The summed E-state index contributed by atoms with van der Waals surface area (Å²) >= 11 is 0. The standard InChI is InChI=1S/C17H25N3O/c1-16-8-19-10-17(2,15(16)18)11-20(9-16)14(19)12-4-6-13(21-3)7-5-12/h4-7,14-15H,8-11,18H2,1-3H3. The summed E-state index contributed by atoms with van der Waals surface area (Å²) in [6, 6.07) is 8.86. The Kier molecular flexibility index (Phi) is 2.72. The molecule has 4 heteroatoms. The third kappa shape index (κ3) is 1.79. The molecule has 4 aliphatic rings. The van der Waals surface area contributed by atoms with Crippen LogP contribution in [0.1, 0.15) is 25.6 Å². The molecule has 5 rings (SSSR count). The maximum atomic E-state index is 6.59. The zero-order valence-electron chi connectivity index (χ0n) is 13.2. The minimum Gasteiger partial charge on any atom is -0.497 e. The van der Waals surface area contributed by atoms with Crippen molar-refractivity contribution in [1.82, 2.24) is 9.80 Å². The molecular weight excluding hydrogens is 262 g/mol. The number of rotatable bonds is 2. The summed E-state index contributed by atoms with van der Waals surface area (Å²) in [4.78, 5) is 5.25. The van der Waals surface area contributed by atoms with Crippen LogP contribution in [-0.2, 0) is 0 Å². The van der Waals surface area contributed by atoms with E-state index in [0.717, 1.165) is 31.9 Å². The average Bonchev–Trinajstić information content (AvgIpc) is 2.44. The fourth-order valence-corrected chi connectivity index (χ4v) is 5.08. The highest BCUT2D eigenvalue weighted by Gasteiger charge is 2.60. The van der Waals surface area contributed by atoms with Gasteiger partial charge < -0.3 is 10.5 Å². The predicted octanol–water partition coefficient (Wildman–Crippen LogP) is 1.68. The molecule has 1 aromatic carbocycles. The second-order valence-electron chi connectivity index (χ2n) is 7.74. The lowest BCUT2D eigenvalue weighted by atomic mass is 9.59. The second-order valence-corrected chi connectivity index (χ2v) is 7.74. The Morgan fingerprint density at radius 1 is 1.00 bits per heavy atom. The molecule has 4 fully saturated rings. The third-order valence-corrected chi connectivity index (χ3v) is 5.86. The number of hydrogen-bond donors (Lipinski definition) is 1. The number of methoxy groups -OCH3 is 1. The van der Waals surface area contributed by atoms with Crippen LogP contribution >= 0.6 is 0 Å². The van der Waals surface area contributed by atoms with Crippen LogP contribution < -0.4 is 10.5 Å². The van der Waals surface area contributed by atoms with E-state index in [1.165, 1.54) is 5.56 Å². The van der Waals surface area contributed by atoms with E-state index in [1.807, 2.05) is 0 Å². The smallest absolute Gasteiger partial charge is 0.118 e. The zero-order valence-corrected chi connectivity index (χ0v) is 13.2. The molecule has 2 N–H and O–H groups in total. The highest BCUT2D eigenvalue weighted by atomic mass is 16.5. The largest absolute Gasteiger partial charge is 0.497 e. The highest BCUT2D eigenvalue weighted by molar-refractivity contribution is 5.31. The van der Waals surface area contributed by atoms with Gasteiger partial charge in [-0.1, -0.05) is 26.0 Å². The van der Waals surface area contributed by atoms with Crippen molar-refractivity contribution in [2.24, 2.45) is 16.6 Å². The van der Waals surface area contributed by atoms with E-state index in [4.69, 9.17) is 10.5 Å². The highest BCUT2D eigenvalue weighted by Crippen LogP contribution is 2.53. The van der Waals surface area contributed by atoms with Crippen LogP contribution in [-0.4, -0.2) is 49.1 Å². The first-order valence-electron chi connectivity index (χ1n) is 7.83. The van der Waals surface area contributed by atoms with Crippen molar-refractivity contribution in [3.05, 3.63) is 29.8 Å². The van der Waals surface area contributed by atoms with Crippen molar-refractivity contribution >= 4 is 0 Å². The van der Waals surface area contributed by atoms with Crippen LogP contribution in [0.25, 0.3) is 0 Å². The van der Waals surface area contributed by atoms with Gasteiger partial charge in [-0.05, 0) is 17.7 Å². The molecule has 0 amide bonds. The van der Waals surface area contributed by atoms with E-state index in [1.54, 1.807) is 7.11 Å². The zero-order chi connectivity index (χ0) is 14.8. The Hall–Kier alpha value is -1.10. The third-order valence-electron chi connectivity index (χ3n) is 5.86.